The SMILES string of the molecule is CC(C)n1cc(CC(C)(C)CBr)cn1. The van der Waals surface area contributed by atoms with Crippen LogP contribution in [-0.2, 0) is 6.42 Å². The topological polar surface area (TPSA) is 17.8 Å². The van der Waals surface area contributed by atoms with Crippen LogP contribution >= 0.6 is 15.9 Å². The van der Waals surface area contributed by atoms with Crippen molar-refractivity contribution in [3.8, 4) is 0 Å². The number of hydrogen-bond donors (Lipinski definition) is 0. The molecule has 0 aliphatic rings. The van der Waals surface area contributed by atoms with Gasteiger partial charge in [0.25, 0.3) is 0 Å². The van der Waals surface area contributed by atoms with Crippen LogP contribution in [0.5, 0.6) is 0 Å². The van der Waals surface area contributed by atoms with Gasteiger partial charge in [0.05, 0.1) is 6.20 Å². The first-order valence-corrected chi connectivity index (χ1v) is 6.16. The highest BCUT2D eigenvalue weighted by molar-refractivity contribution is 9.09. The zero-order valence-electron chi connectivity index (χ0n) is 9.42. The third-order valence-electron chi connectivity index (χ3n) is 2.23. The van der Waals surface area contributed by atoms with E-state index in [9.17, 15) is 0 Å². The summed E-state index contributed by atoms with van der Waals surface area (Å²) >= 11 is 3.54. The molecule has 0 saturated carbocycles. The highest BCUT2D eigenvalue weighted by Crippen LogP contribution is 2.24. The molecule has 0 radical (unpaired) electrons. The van der Waals surface area contributed by atoms with Gasteiger partial charge >= 0.3 is 0 Å². The Bertz CT molecular complexity index is 289. The van der Waals surface area contributed by atoms with Crippen molar-refractivity contribution in [3.05, 3.63) is 18.0 Å². The second-order valence-electron chi connectivity index (χ2n) is 4.90. The van der Waals surface area contributed by atoms with E-state index in [2.05, 4.69) is 54.9 Å². The lowest BCUT2D eigenvalue weighted by Crippen LogP contribution is -2.16. The van der Waals surface area contributed by atoms with Crippen molar-refractivity contribution in [2.24, 2.45) is 5.41 Å². The fourth-order valence-corrected chi connectivity index (χ4v) is 1.55. The fraction of sp³-hybridized carbons (Fsp3) is 0.727. The summed E-state index contributed by atoms with van der Waals surface area (Å²) in [7, 11) is 0. The standard InChI is InChI=1S/C11H19BrN2/c1-9(2)14-7-10(6-13-14)5-11(3,4)8-12/h6-7,9H,5,8H2,1-4H3. The molecule has 0 amide bonds. The minimum absolute atomic E-state index is 0.310. The summed E-state index contributed by atoms with van der Waals surface area (Å²) in [6.07, 6.45) is 5.20. The molecule has 1 aromatic rings. The maximum absolute atomic E-state index is 4.34. The molecular weight excluding hydrogens is 240 g/mol. The molecule has 2 nitrogen and oxygen atoms in total. The number of alkyl halides is 1. The second kappa shape index (κ2) is 4.47. The number of nitrogens with zero attached hydrogens (tertiary/aromatic N) is 2. The van der Waals surface area contributed by atoms with Crippen LogP contribution in [0.2, 0.25) is 0 Å². The van der Waals surface area contributed by atoms with Crippen molar-refractivity contribution >= 4 is 15.9 Å². The molecule has 0 N–H and O–H groups in total. The molecule has 0 bridgehead atoms. The summed E-state index contributed by atoms with van der Waals surface area (Å²) in [4.78, 5) is 0. The molecule has 0 fully saturated rings. The van der Waals surface area contributed by atoms with Gasteiger partial charge in [-0.1, -0.05) is 29.8 Å². The van der Waals surface area contributed by atoms with E-state index in [-0.39, 0.29) is 0 Å². The first-order valence-electron chi connectivity index (χ1n) is 5.03. The van der Waals surface area contributed by atoms with Crippen molar-refractivity contribution in [3.63, 3.8) is 0 Å². The van der Waals surface area contributed by atoms with Crippen LogP contribution in [0, 0.1) is 5.41 Å². The monoisotopic (exact) mass is 258 g/mol. The molecule has 3 heteroatoms. The molecule has 0 spiro atoms. The van der Waals surface area contributed by atoms with Crippen molar-refractivity contribution < 1.29 is 0 Å². The smallest absolute Gasteiger partial charge is 0.0522 e. The summed E-state index contributed by atoms with van der Waals surface area (Å²) in [5.74, 6) is 0. The first kappa shape index (κ1) is 11.8. The number of aromatic nitrogens is 2. The van der Waals surface area contributed by atoms with Crippen LogP contribution in [0.4, 0.5) is 0 Å². The van der Waals surface area contributed by atoms with Crippen LogP contribution in [0.1, 0.15) is 39.3 Å². The lowest BCUT2D eigenvalue weighted by molar-refractivity contribution is 0.424. The third kappa shape index (κ3) is 3.12. The molecule has 14 heavy (non-hydrogen) atoms. The van der Waals surface area contributed by atoms with Gasteiger partial charge in [0.1, 0.15) is 0 Å². The van der Waals surface area contributed by atoms with E-state index in [1.54, 1.807) is 0 Å². The average Bonchev–Trinajstić information content (AvgIpc) is 2.52. The zero-order chi connectivity index (χ0) is 10.8. The quantitative estimate of drug-likeness (QED) is 0.757. The summed E-state index contributed by atoms with van der Waals surface area (Å²) in [6, 6.07) is 0.454. The van der Waals surface area contributed by atoms with E-state index in [1.807, 2.05) is 10.9 Å². The summed E-state index contributed by atoms with van der Waals surface area (Å²) < 4.78 is 2.01. The zero-order valence-corrected chi connectivity index (χ0v) is 11.0. The lowest BCUT2D eigenvalue weighted by Gasteiger charge is -2.20. The molecular formula is C11H19BrN2. The van der Waals surface area contributed by atoms with E-state index >= 15 is 0 Å². The molecule has 0 aliphatic carbocycles. The van der Waals surface area contributed by atoms with Crippen LogP contribution in [0.25, 0.3) is 0 Å². The van der Waals surface area contributed by atoms with Gasteiger partial charge in [-0.2, -0.15) is 5.10 Å². The molecule has 0 saturated heterocycles. The Hall–Kier alpha value is -0.310. The van der Waals surface area contributed by atoms with Crippen molar-refractivity contribution in [2.45, 2.75) is 40.2 Å². The Labute approximate surface area is 94.8 Å². The van der Waals surface area contributed by atoms with Crippen molar-refractivity contribution in [1.82, 2.24) is 9.78 Å². The molecule has 0 unspecified atom stereocenters. The van der Waals surface area contributed by atoms with E-state index in [1.165, 1.54) is 5.56 Å². The molecule has 1 rings (SSSR count). The highest BCUT2D eigenvalue weighted by Gasteiger charge is 2.17. The maximum atomic E-state index is 4.34. The van der Waals surface area contributed by atoms with Crippen LogP contribution in [0.15, 0.2) is 12.4 Å². The van der Waals surface area contributed by atoms with Gasteiger partial charge in [0.2, 0.25) is 0 Å². The second-order valence-corrected chi connectivity index (χ2v) is 5.46. The number of halogens is 1. The van der Waals surface area contributed by atoms with Gasteiger partial charge in [-0.25, -0.2) is 0 Å². The normalized spacial score (nSPS) is 12.4. The Morgan fingerprint density at radius 1 is 1.50 bits per heavy atom. The average molecular weight is 259 g/mol. The number of hydrogen-bond acceptors (Lipinski definition) is 1. The van der Waals surface area contributed by atoms with Gasteiger partial charge in [0, 0.05) is 17.6 Å². The Morgan fingerprint density at radius 2 is 2.14 bits per heavy atom. The van der Waals surface area contributed by atoms with Gasteiger partial charge in [0.15, 0.2) is 0 Å². The lowest BCUT2D eigenvalue weighted by atomic mass is 9.89. The number of rotatable bonds is 4. The van der Waals surface area contributed by atoms with Crippen LogP contribution in [0.3, 0.4) is 0 Å². The summed E-state index contributed by atoms with van der Waals surface area (Å²) in [5, 5.41) is 5.36. The van der Waals surface area contributed by atoms with Crippen LogP contribution < -0.4 is 0 Å². The highest BCUT2D eigenvalue weighted by atomic mass is 79.9. The summed E-state index contributed by atoms with van der Waals surface area (Å²) in [6.45, 7) is 8.81. The van der Waals surface area contributed by atoms with Gasteiger partial charge in [-0.15, -0.1) is 0 Å². The molecule has 1 aromatic heterocycles. The largest absolute Gasteiger partial charge is 0.270 e. The van der Waals surface area contributed by atoms with Crippen molar-refractivity contribution in [2.75, 3.05) is 5.33 Å². The van der Waals surface area contributed by atoms with Crippen LogP contribution in [-0.4, -0.2) is 15.1 Å². The van der Waals surface area contributed by atoms with Gasteiger partial charge in [-0.05, 0) is 31.2 Å². The van der Waals surface area contributed by atoms with Gasteiger partial charge in [-0.3, -0.25) is 4.68 Å². The summed E-state index contributed by atoms with van der Waals surface area (Å²) in [5.41, 5.74) is 1.63. The predicted octanol–water partition coefficient (Wildman–Crippen LogP) is 3.43. The minimum Gasteiger partial charge on any atom is -0.270 e. The Balaban J connectivity index is 2.69. The molecule has 0 aromatic carbocycles. The Kier molecular flexibility index (Phi) is 3.76. The molecule has 1 heterocycles. The Morgan fingerprint density at radius 3 is 2.57 bits per heavy atom. The predicted molar refractivity (Wildman–Crippen MR) is 63.9 cm³/mol. The van der Waals surface area contributed by atoms with E-state index in [0.29, 0.717) is 11.5 Å². The van der Waals surface area contributed by atoms with Crippen molar-refractivity contribution in [1.29, 1.82) is 0 Å². The van der Waals surface area contributed by atoms with Gasteiger partial charge < -0.3 is 0 Å². The maximum Gasteiger partial charge on any atom is 0.0522 e. The minimum atomic E-state index is 0.310. The molecule has 0 aliphatic heterocycles. The fourth-order valence-electron chi connectivity index (χ4n) is 1.35. The van der Waals surface area contributed by atoms with E-state index in [4.69, 9.17) is 0 Å². The third-order valence-corrected chi connectivity index (χ3v) is 3.75. The van der Waals surface area contributed by atoms with E-state index in [0.717, 1.165) is 11.8 Å². The molecule has 80 valence electrons. The van der Waals surface area contributed by atoms with E-state index < -0.39 is 0 Å². The first-order chi connectivity index (χ1) is 6.44. The molecule has 0 atom stereocenters.